The number of rotatable bonds is 6. The van der Waals surface area contributed by atoms with Crippen LogP contribution >= 0.6 is 0 Å². The van der Waals surface area contributed by atoms with Crippen LogP contribution in [0.1, 0.15) is 64.5 Å². The molecule has 118 valence electrons. The number of nitrogens with one attached hydrogen (secondary N) is 1. The normalized spacial score (nSPS) is 19.1. The molecule has 1 aliphatic carbocycles. The van der Waals surface area contributed by atoms with Gasteiger partial charge in [-0.1, -0.05) is 33.6 Å². The van der Waals surface area contributed by atoms with E-state index in [9.17, 15) is 8.78 Å². The third-order valence-electron chi connectivity index (χ3n) is 4.70. The Kier molecular flexibility index (Phi) is 5.37. The molecule has 0 saturated heterocycles. The summed E-state index contributed by atoms with van der Waals surface area (Å²) < 4.78 is 27.9. The van der Waals surface area contributed by atoms with Crippen molar-refractivity contribution >= 4 is 0 Å². The Morgan fingerprint density at radius 3 is 2.43 bits per heavy atom. The van der Waals surface area contributed by atoms with E-state index in [0.29, 0.717) is 11.5 Å². The molecule has 1 saturated carbocycles. The van der Waals surface area contributed by atoms with Gasteiger partial charge in [0.05, 0.1) is 0 Å². The van der Waals surface area contributed by atoms with Gasteiger partial charge in [0, 0.05) is 11.6 Å². The van der Waals surface area contributed by atoms with Crippen LogP contribution in [0.15, 0.2) is 18.2 Å². The van der Waals surface area contributed by atoms with Crippen molar-refractivity contribution in [2.45, 2.75) is 58.9 Å². The van der Waals surface area contributed by atoms with E-state index in [4.69, 9.17) is 0 Å². The van der Waals surface area contributed by atoms with Crippen molar-refractivity contribution < 1.29 is 8.78 Å². The monoisotopic (exact) mass is 295 g/mol. The zero-order chi connectivity index (χ0) is 15.5. The lowest BCUT2D eigenvalue weighted by Gasteiger charge is -2.40. The third-order valence-corrected chi connectivity index (χ3v) is 4.70. The van der Waals surface area contributed by atoms with E-state index in [1.54, 1.807) is 0 Å². The minimum atomic E-state index is -0.355. The maximum absolute atomic E-state index is 14.3. The number of hydrogen-bond acceptors (Lipinski definition) is 1. The van der Waals surface area contributed by atoms with Gasteiger partial charge in [-0.2, -0.15) is 0 Å². The largest absolute Gasteiger partial charge is 0.310 e. The minimum absolute atomic E-state index is 0.0544. The molecule has 1 nitrogen and oxygen atoms in total. The molecule has 3 heteroatoms. The average Bonchev–Trinajstić information content (AvgIpc) is 2.87. The second-order valence-corrected chi connectivity index (χ2v) is 6.82. The summed E-state index contributed by atoms with van der Waals surface area (Å²) in [5, 5.41) is 3.45. The predicted molar refractivity (Wildman–Crippen MR) is 83.1 cm³/mol. The number of benzene rings is 1. The molecule has 1 aliphatic rings. The first-order valence-electron chi connectivity index (χ1n) is 8.17. The highest BCUT2D eigenvalue weighted by molar-refractivity contribution is 5.25. The van der Waals surface area contributed by atoms with E-state index < -0.39 is 0 Å². The molecule has 1 N–H and O–H groups in total. The molecular weight excluding hydrogens is 268 g/mol. The van der Waals surface area contributed by atoms with Crippen molar-refractivity contribution in [2.75, 3.05) is 6.54 Å². The van der Waals surface area contributed by atoms with Crippen LogP contribution in [0, 0.1) is 23.0 Å². The van der Waals surface area contributed by atoms with E-state index >= 15 is 0 Å². The van der Waals surface area contributed by atoms with Gasteiger partial charge in [0.1, 0.15) is 11.6 Å². The minimum Gasteiger partial charge on any atom is -0.310 e. The number of halogens is 2. The quantitative estimate of drug-likeness (QED) is 0.758. The lowest BCUT2D eigenvalue weighted by atomic mass is 9.70. The first-order valence-corrected chi connectivity index (χ1v) is 8.17. The average molecular weight is 295 g/mol. The van der Waals surface area contributed by atoms with Crippen molar-refractivity contribution in [2.24, 2.45) is 11.3 Å². The molecule has 1 fully saturated rings. The zero-order valence-electron chi connectivity index (χ0n) is 13.4. The summed E-state index contributed by atoms with van der Waals surface area (Å²) in [6, 6.07) is 3.74. The summed E-state index contributed by atoms with van der Waals surface area (Å²) in [5.41, 5.74) is 0.554. The highest BCUT2D eigenvalue weighted by Gasteiger charge is 2.42. The fraction of sp³-hybridized carbons (Fsp3) is 0.667. The van der Waals surface area contributed by atoms with Gasteiger partial charge in [0.25, 0.3) is 0 Å². The molecule has 0 aliphatic heterocycles. The highest BCUT2D eigenvalue weighted by Crippen LogP contribution is 2.52. The Balaban J connectivity index is 2.42. The van der Waals surface area contributed by atoms with Gasteiger partial charge < -0.3 is 5.32 Å². The summed E-state index contributed by atoms with van der Waals surface area (Å²) in [7, 11) is 0. The molecule has 2 rings (SSSR count). The molecular formula is C18H27F2N. The van der Waals surface area contributed by atoms with E-state index in [1.807, 2.05) is 6.92 Å². The van der Waals surface area contributed by atoms with Crippen LogP contribution < -0.4 is 5.32 Å². The molecule has 0 heterocycles. The standard InChI is InChI=1S/C18H27F2N/c1-4-21-17(15-11-14(19)7-8-16(15)20)18(12-13(2)3)9-5-6-10-18/h7-8,11,13,17,21H,4-6,9-10,12H2,1-3H3. The molecule has 1 aromatic carbocycles. The molecule has 21 heavy (non-hydrogen) atoms. The van der Waals surface area contributed by atoms with Crippen LogP contribution in [0.4, 0.5) is 8.78 Å². The SMILES string of the molecule is CCNC(c1cc(F)ccc1F)C1(CC(C)C)CCCC1. The van der Waals surface area contributed by atoms with E-state index in [2.05, 4.69) is 19.2 Å². The summed E-state index contributed by atoms with van der Waals surface area (Å²) in [6.07, 6.45) is 5.62. The second-order valence-electron chi connectivity index (χ2n) is 6.82. The van der Waals surface area contributed by atoms with Gasteiger partial charge in [0.2, 0.25) is 0 Å². The Bertz CT molecular complexity index is 464. The first kappa shape index (κ1) is 16.4. The van der Waals surface area contributed by atoms with Crippen LogP contribution in [0.2, 0.25) is 0 Å². The van der Waals surface area contributed by atoms with Gasteiger partial charge in [0.15, 0.2) is 0 Å². The van der Waals surface area contributed by atoms with Crippen molar-refractivity contribution in [1.82, 2.24) is 5.32 Å². The Morgan fingerprint density at radius 1 is 1.19 bits per heavy atom. The second kappa shape index (κ2) is 6.87. The zero-order valence-corrected chi connectivity index (χ0v) is 13.4. The third kappa shape index (κ3) is 3.63. The lowest BCUT2D eigenvalue weighted by molar-refractivity contribution is 0.153. The van der Waals surface area contributed by atoms with Crippen LogP contribution in [0.5, 0.6) is 0 Å². The molecule has 0 aromatic heterocycles. The van der Waals surface area contributed by atoms with Crippen LogP contribution in [-0.2, 0) is 0 Å². The van der Waals surface area contributed by atoms with E-state index in [-0.39, 0.29) is 23.1 Å². The molecule has 0 bridgehead atoms. The van der Waals surface area contributed by atoms with Crippen LogP contribution in [-0.4, -0.2) is 6.54 Å². The van der Waals surface area contributed by atoms with Crippen molar-refractivity contribution in [3.63, 3.8) is 0 Å². The molecule has 0 spiro atoms. The van der Waals surface area contributed by atoms with Gasteiger partial charge in [-0.3, -0.25) is 0 Å². The first-order chi connectivity index (χ1) is 9.98. The Hall–Kier alpha value is -0.960. The van der Waals surface area contributed by atoms with Gasteiger partial charge in [-0.05, 0) is 55.3 Å². The van der Waals surface area contributed by atoms with Gasteiger partial charge >= 0.3 is 0 Å². The van der Waals surface area contributed by atoms with E-state index in [1.165, 1.54) is 31.0 Å². The van der Waals surface area contributed by atoms with Gasteiger partial charge in [-0.25, -0.2) is 8.78 Å². The Morgan fingerprint density at radius 2 is 1.86 bits per heavy atom. The highest BCUT2D eigenvalue weighted by atomic mass is 19.1. The molecule has 0 amide bonds. The summed E-state index contributed by atoms with van der Waals surface area (Å²) in [6.45, 7) is 7.22. The maximum Gasteiger partial charge on any atom is 0.128 e. The summed E-state index contributed by atoms with van der Waals surface area (Å²) >= 11 is 0. The summed E-state index contributed by atoms with van der Waals surface area (Å²) in [5.74, 6) is -0.0924. The molecule has 1 atom stereocenters. The van der Waals surface area contributed by atoms with E-state index in [0.717, 1.165) is 25.8 Å². The number of hydrogen-bond donors (Lipinski definition) is 1. The topological polar surface area (TPSA) is 12.0 Å². The fourth-order valence-corrected chi connectivity index (χ4v) is 4.10. The predicted octanol–water partition coefficient (Wildman–Crippen LogP) is 5.22. The smallest absolute Gasteiger partial charge is 0.128 e. The molecule has 0 radical (unpaired) electrons. The van der Waals surface area contributed by atoms with Crippen LogP contribution in [0.3, 0.4) is 0 Å². The van der Waals surface area contributed by atoms with Gasteiger partial charge in [-0.15, -0.1) is 0 Å². The fourth-order valence-electron chi connectivity index (χ4n) is 4.10. The Labute approximate surface area is 127 Å². The van der Waals surface area contributed by atoms with Crippen molar-refractivity contribution in [3.8, 4) is 0 Å². The van der Waals surface area contributed by atoms with Crippen molar-refractivity contribution in [1.29, 1.82) is 0 Å². The summed E-state index contributed by atoms with van der Waals surface area (Å²) in [4.78, 5) is 0. The molecule has 1 aromatic rings. The molecule has 1 unspecified atom stereocenters. The maximum atomic E-state index is 14.3. The van der Waals surface area contributed by atoms with Crippen molar-refractivity contribution in [3.05, 3.63) is 35.4 Å². The lowest BCUT2D eigenvalue weighted by Crippen LogP contribution is -2.38. The van der Waals surface area contributed by atoms with Crippen LogP contribution in [0.25, 0.3) is 0 Å².